The van der Waals surface area contributed by atoms with Crippen LogP contribution in [0.2, 0.25) is 0 Å². The summed E-state index contributed by atoms with van der Waals surface area (Å²) in [6.07, 6.45) is 3.67. The Morgan fingerprint density at radius 3 is 2.32 bits per heavy atom. The Labute approximate surface area is 116 Å². The van der Waals surface area contributed by atoms with Crippen molar-refractivity contribution in [1.29, 1.82) is 0 Å². The first kappa shape index (κ1) is 15.5. The lowest BCUT2D eigenvalue weighted by molar-refractivity contribution is -0.135. The number of carbonyl (C=O) groups excluding carboxylic acids is 1. The third-order valence-electron chi connectivity index (χ3n) is 3.08. The predicted molar refractivity (Wildman–Crippen MR) is 78.1 cm³/mol. The van der Waals surface area contributed by atoms with Crippen LogP contribution in [0.4, 0.5) is 5.69 Å². The summed E-state index contributed by atoms with van der Waals surface area (Å²) in [5, 5.41) is 7.40. The van der Waals surface area contributed by atoms with E-state index in [9.17, 15) is 4.79 Å². The smallest absolute Gasteiger partial charge is 0.245 e. The van der Waals surface area contributed by atoms with Crippen LogP contribution in [0.1, 0.15) is 41.5 Å². The number of aryl methyl sites for hydroxylation is 1. The van der Waals surface area contributed by atoms with Crippen molar-refractivity contribution in [3.63, 3.8) is 0 Å². The standard InChI is InChI=1S/C14H26N4O/c1-7-17-9-13(8-15-17)16-12(6)14(19)18(10(2)3)11(4)5/h8-12,16H,7H2,1-6H3/t12-/m1/s1. The molecule has 0 spiro atoms. The molecule has 5 nitrogen and oxygen atoms in total. The number of nitrogens with one attached hydrogen (secondary N) is 1. The molecule has 0 saturated carbocycles. The third-order valence-corrected chi connectivity index (χ3v) is 3.08. The minimum atomic E-state index is -0.251. The first-order valence-corrected chi connectivity index (χ1v) is 6.98. The molecule has 5 heteroatoms. The summed E-state index contributed by atoms with van der Waals surface area (Å²) >= 11 is 0. The molecule has 1 N–H and O–H groups in total. The van der Waals surface area contributed by atoms with Gasteiger partial charge in [-0.05, 0) is 41.5 Å². The second-order valence-corrected chi connectivity index (χ2v) is 5.38. The number of hydrogen-bond donors (Lipinski definition) is 1. The Morgan fingerprint density at radius 1 is 1.32 bits per heavy atom. The molecule has 1 rings (SSSR count). The summed E-state index contributed by atoms with van der Waals surface area (Å²) in [5.41, 5.74) is 0.884. The lowest BCUT2D eigenvalue weighted by Crippen LogP contribution is -2.48. The summed E-state index contributed by atoms with van der Waals surface area (Å²) in [6.45, 7) is 12.9. The second-order valence-electron chi connectivity index (χ2n) is 5.38. The summed E-state index contributed by atoms with van der Waals surface area (Å²) in [7, 11) is 0. The van der Waals surface area contributed by atoms with Crippen LogP contribution in [0.25, 0.3) is 0 Å². The molecule has 0 aliphatic rings. The lowest BCUT2D eigenvalue weighted by Gasteiger charge is -2.33. The van der Waals surface area contributed by atoms with Crippen molar-refractivity contribution in [3.8, 4) is 0 Å². The second kappa shape index (κ2) is 6.59. The number of anilines is 1. The molecule has 1 heterocycles. The van der Waals surface area contributed by atoms with Crippen LogP contribution in [0.5, 0.6) is 0 Å². The van der Waals surface area contributed by atoms with Crippen LogP contribution in [-0.2, 0) is 11.3 Å². The molecule has 0 saturated heterocycles. The highest BCUT2D eigenvalue weighted by Gasteiger charge is 2.25. The van der Waals surface area contributed by atoms with Gasteiger partial charge >= 0.3 is 0 Å². The Morgan fingerprint density at radius 2 is 1.89 bits per heavy atom. The minimum Gasteiger partial charge on any atom is -0.371 e. The summed E-state index contributed by atoms with van der Waals surface area (Å²) in [6, 6.07) is 0.157. The van der Waals surface area contributed by atoms with Gasteiger partial charge in [-0.1, -0.05) is 0 Å². The molecule has 1 amide bonds. The van der Waals surface area contributed by atoms with Crippen molar-refractivity contribution < 1.29 is 4.79 Å². The molecule has 1 atom stereocenters. The van der Waals surface area contributed by atoms with Gasteiger partial charge in [0.2, 0.25) is 5.91 Å². The van der Waals surface area contributed by atoms with E-state index in [1.165, 1.54) is 0 Å². The average molecular weight is 266 g/mol. The monoisotopic (exact) mass is 266 g/mol. The Kier molecular flexibility index (Phi) is 5.39. The van der Waals surface area contributed by atoms with Crippen molar-refractivity contribution in [2.24, 2.45) is 0 Å². The molecule has 108 valence electrons. The number of nitrogens with zero attached hydrogens (tertiary/aromatic N) is 3. The molecule has 0 aliphatic carbocycles. The molecule has 0 radical (unpaired) electrons. The van der Waals surface area contributed by atoms with E-state index in [1.807, 2.05) is 57.3 Å². The maximum atomic E-state index is 12.4. The summed E-state index contributed by atoms with van der Waals surface area (Å²) < 4.78 is 1.84. The van der Waals surface area contributed by atoms with Gasteiger partial charge in [-0.3, -0.25) is 9.48 Å². The molecular weight excluding hydrogens is 240 g/mol. The van der Waals surface area contributed by atoms with Gasteiger partial charge in [0.25, 0.3) is 0 Å². The normalized spacial score (nSPS) is 12.8. The highest BCUT2D eigenvalue weighted by molar-refractivity contribution is 5.84. The first-order chi connectivity index (χ1) is 8.86. The van der Waals surface area contributed by atoms with E-state index in [-0.39, 0.29) is 24.0 Å². The number of carbonyl (C=O) groups is 1. The topological polar surface area (TPSA) is 50.2 Å². The van der Waals surface area contributed by atoms with E-state index >= 15 is 0 Å². The fraction of sp³-hybridized carbons (Fsp3) is 0.714. The summed E-state index contributed by atoms with van der Waals surface area (Å²) in [4.78, 5) is 14.3. The highest BCUT2D eigenvalue weighted by Crippen LogP contribution is 2.12. The van der Waals surface area contributed by atoms with Gasteiger partial charge in [-0.2, -0.15) is 5.10 Å². The minimum absolute atomic E-state index is 0.120. The number of aromatic nitrogens is 2. The highest BCUT2D eigenvalue weighted by atomic mass is 16.2. The Bertz CT molecular complexity index is 403. The first-order valence-electron chi connectivity index (χ1n) is 6.98. The molecule has 0 aliphatic heterocycles. The van der Waals surface area contributed by atoms with Crippen LogP contribution in [-0.4, -0.2) is 38.7 Å². The predicted octanol–water partition coefficient (Wildman–Crippen LogP) is 2.35. The van der Waals surface area contributed by atoms with E-state index in [0.29, 0.717) is 0 Å². The zero-order chi connectivity index (χ0) is 14.6. The van der Waals surface area contributed by atoms with Crippen molar-refractivity contribution in [3.05, 3.63) is 12.4 Å². The average Bonchev–Trinajstić information content (AvgIpc) is 2.75. The van der Waals surface area contributed by atoms with Crippen LogP contribution in [0.15, 0.2) is 12.4 Å². The van der Waals surface area contributed by atoms with Gasteiger partial charge in [0.05, 0.1) is 11.9 Å². The van der Waals surface area contributed by atoms with Crippen LogP contribution >= 0.6 is 0 Å². The lowest BCUT2D eigenvalue weighted by atomic mass is 10.2. The maximum absolute atomic E-state index is 12.4. The van der Waals surface area contributed by atoms with E-state index < -0.39 is 0 Å². The quantitative estimate of drug-likeness (QED) is 0.860. The molecule has 0 unspecified atom stereocenters. The van der Waals surface area contributed by atoms with E-state index in [2.05, 4.69) is 10.4 Å². The van der Waals surface area contributed by atoms with Crippen LogP contribution in [0.3, 0.4) is 0 Å². The van der Waals surface area contributed by atoms with Gasteiger partial charge in [0, 0.05) is 24.8 Å². The number of hydrogen-bond acceptors (Lipinski definition) is 3. The molecule has 0 aromatic carbocycles. The van der Waals surface area contributed by atoms with E-state index in [4.69, 9.17) is 0 Å². The van der Waals surface area contributed by atoms with Gasteiger partial charge in [-0.25, -0.2) is 0 Å². The molecule has 1 aromatic heterocycles. The van der Waals surface area contributed by atoms with Crippen molar-refractivity contribution in [2.75, 3.05) is 5.32 Å². The SMILES string of the molecule is CCn1cc(N[C@H](C)C(=O)N(C(C)C)C(C)C)cn1. The molecule has 1 aromatic rings. The van der Waals surface area contributed by atoms with Crippen LogP contribution < -0.4 is 5.32 Å². The van der Waals surface area contributed by atoms with Crippen molar-refractivity contribution in [2.45, 2.75) is 66.2 Å². The summed E-state index contributed by atoms with van der Waals surface area (Å²) in [5.74, 6) is 0.120. The van der Waals surface area contributed by atoms with Gasteiger partial charge in [0.15, 0.2) is 0 Å². The Balaban J connectivity index is 2.70. The zero-order valence-electron chi connectivity index (χ0n) is 12.8. The number of amides is 1. The van der Waals surface area contributed by atoms with Gasteiger partial charge in [-0.15, -0.1) is 0 Å². The molecule has 19 heavy (non-hydrogen) atoms. The van der Waals surface area contributed by atoms with Crippen molar-refractivity contribution in [1.82, 2.24) is 14.7 Å². The van der Waals surface area contributed by atoms with E-state index in [0.717, 1.165) is 12.2 Å². The fourth-order valence-corrected chi connectivity index (χ4v) is 2.25. The fourth-order valence-electron chi connectivity index (χ4n) is 2.25. The van der Waals surface area contributed by atoms with Crippen LogP contribution in [0, 0.1) is 0 Å². The van der Waals surface area contributed by atoms with E-state index in [1.54, 1.807) is 6.20 Å². The van der Waals surface area contributed by atoms with Crippen molar-refractivity contribution >= 4 is 11.6 Å². The molecule has 0 fully saturated rings. The Hall–Kier alpha value is -1.52. The largest absolute Gasteiger partial charge is 0.371 e. The van der Waals surface area contributed by atoms with Gasteiger partial charge in [0.1, 0.15) is 6.04 Å². The molecule has 0 bridgehead atoms. The number of rotatable bonds is 6. The van der Waals surface area contributed by atoms with Gasteiger partial charge < -0.3 is 10.2 Å². The maximum Gasteiger partial charge on any atom is 0.245 e. The molecular formula is C14H26N4O. The third kappa shape index (κ3) is 3.98. The zero-order valence-corrected chi connectivity index (χ0v) is 12.8.